The van der Waals surface area contributed by atoms with Crippen LogP contribution in [-0.2, 0) is 19.1 Å². The van der Waals surface area contributed by atoms with Crippen LogP contribution in [0, 0.1) is 0 Å². The van der Waals surface area contributed by atoms with Crippen molar-refractivity contribution in [2.45, 2.75) is 13.8 Å². The summed E-state index contributed by atoms with van der Waals surface area (Å²) in [6.07, 6.45) is 0. The third-order valence-electron chi connectivity index (χ3n) is 3.55. The van der Waals surface area contributed by atoms with Gasteiger partial charge in [-0.1, -0.05) is 24.3 Å². The molecule has 0 unspecified atom stereocenters. The van der Waals surface area contributed by atoms with Crippen LogP contribution in [-0.4, -0.2) is 37.0 Å². The Kier molecular flexibility index (Phi) is 7.27. The number of hydrogen-bond donors (Lipinski definition) is 2. The van der Waals surface area contributed by atoms with Crippen molar-refractivity contribution < 1.29 is 28.7 Å². The van der Waals surface area contributed by atoms with E-state index < -0.39 is 23.8 Å². The topological polar surface area (TPSA) is 111 Å². The van der Waals surface area contributed by atoms with Crippen LogP contribution in [0.3, 0.4) is 0 Å². The lowest BCUT2D eigenvalue weighted by Gasteiger charge is -2.12. The molecule has 0 aliphatic heterocycles. The number of hydrogen-bond acceptors (Lipinski definition) is 6. The number of rotatable bonds is 6. The zero-order valence-electron chi connectivity index (χ0n) is 15.5. The van der Waals surface area contributed by atoms with Crippen molar-refractivity contribution in [3.05, 3.63) is 59.7 Å². The molecule has 146 valence electrons. The van der Waals surface area contributed by atoms with Crippen molar-refractivity contribution in [3.63, 3.8) is 0 Å². The maximum atomic E-state index is 12.3. The van der Waals surface area contributed by atoms with Crippen LogP contribution in [0.1, 0.15) is 34.6 Å². The summed E-state index contributed by atoms with van der Waals surface area (Å²) in [4.78, 5) is 48.5. The summed E-state index contributed by atoms with van der Waals surface area (Å²) in [5.74, 6) is -3.25. The van der Waals surface area contributed by atoms with Gasteiger partial charge in [0.15, 0.2) is 0 Å². The van der Waals surface area contributed by atoms with Gasteiger partial charge in [0.2, 0.25) is 0 Å². The number of anilines is 2. The molecule has 0 aliphatic rings. The van der Waals surface area contributed by atoms with Crippen molar-refractivity contribution >= 4 is 35.1 Å². The van der Waals surface area contributed by atoms with Gasteiger partial charge in [0.1, 0.15) is 0 Å². The van der Waals surface area contributed by atoms with E-state index in [4.69, 9.17) is 9.47 Å². The van der Waals surface area contributed by atoms with Crippen molar-refractivity contribution in [2.24, 2.45) is 0 Å². The van der Waals surface area contributed by atoms with E-state index in [-0.39, 0.29) is 35.7 Å². The van der Waals surface area contributed by atoms with Gasteiger partial charge in [0, 0.05) is 0 Å². The van der Waals surface area contributed by atoms with Crippen LogP contribution < -0.4 is 10.6 Å². The molecule has 0 aromatic heterocycles. The van der Waals surface area contributed by atoms with E-state index in [9.17, 15) is 19.2 Å². The average Bonchev–Trinajstić information content (AvgIpc) is 2.69. The van der Waals surface area contributed by atoms with Gasteiger partial charge in [0.05, 0.1) is 35.7 Å². The van der Waals surface area contributed by atoms with Crippen molar-refractivity contribution in [3.8, 4) is 0 Å². The fraction of sp³-hybridized carbons (Fsp3) is 0.200. The van der Waals surface area contributed by atoms with Gasteiger partial charge in [-0.15, -0.1) is 0 Å². The smallest absolute Gasteiger partial charge is 0.340 e. The molecule has 0 spiro atoms. The highest BCUT2D eigenvalue weighted by atomic mass is 16.5. The Morgan fingerprint density at radius 1 is 0.679 bits per heavy atom. The lowest BCUT2D eigenvalue weighted by molar-refractivity contribution is -0.133. The lowest BCUT2D eigenvalue weighted by Crippen LogP contribution is -2.30. The monoisotopic (exact) mass is 384 g/mol. The summed E-state index contributed by atoms with van der Waals surface area (Å²) >= 11 is 0. The fourth-order valence-electron chi connectivity index (χ4n) is 2.32. The van der Waals surface area contributed by atoms with Crippen LogP contribution in [0.4, 0.5) is 11.4 Å². The quantitative estimate of drug-likeness (QED) is 0.585. The molecule has 0 aliphatic carbocycles. The molecule has 8 heteroatoms. The van der Waals surface area contributed by atoms with Crippen molar-refractivity contribution in [1.29, 1.82) is 0 Å². The van der Waals surface area contributed by atoms with E-state index in [1.165, 1.54) is 24.3 Å². The van der Waals surface area contributed by atoms with E-state index in [0.717, 1.165) is 0 Å². The van der Waals surface area contributed by atoms with Gasteiger partial charge >= 0.3 is 23.8 Å². The van der Waals surface area contributed by atoms with Gasteiger partial charge in [0.25, 0.3) is 0 Å². The number of esters is 2. The first-order chi connectivity index (χ1) is 13.5. The molecule has 0 radical (unpaired) electrons. The number of amides is 2. The van der Waals surface area contributed by atoms with Gasteiger partial charge in [-0.05, 0) is 38.1 Å². The summed E-state index contributed by atoms with van der Waals surface area (Å²) in [5.41, 5.74) is 0.523. The van der Waals surface area contributed by atoms with Gasteiger partial charge < -0.3 is 20.1 Å². The van der Waals surface area contributed by atoms with E-state index in [0.29, 0.717) is 0 Å². The van der Waals surface area contributed by atoms with Crippen LogP contribution in [0.25, 0.3) is 0 Å². The first-order valence-corrected chi connectivity index (χ1v) is 8.62. The molecule has 0 saturated carbocycles. The molecular formula is C20H20N2O6. The van der Waals surface area contributed by atoms with E-state index >= 15 is 0 Å². The Hall–Kier alpha value is -3.68. The Bertz CT molecular complexity index is 820. The van der Waals surface area contributed by atoms with Crippen LogP contribution >= 0.6 is 0 Å². The highest BCUT2D eigenvalue weighted by Crippen LogP contribution is 2.18. The predicted octanol–water partition coefficient (Wildman–Crippen LogP) is 2.62. The number of para-hydroxylation sites is 2. The maximum Gasteiger partial charge on any atom is 0.340 e. The molecule has 0 fully saturated rings. The molecule has 2 aromatic rings. The van der Waals surface area contributed by atoms with E-state index in [1.807, 2.05) is 0 Å². The molecule has 2 N–H and O–H groups in total. The first kappa shape index (κ1) is 20.6. The second-order valence-corrected chi connectivity index (χ2v) is 5.44. The van der Waals surface area contributed by atoms with Gasteiger partial charge in [-0.2, -0.15) is 0 Å². The predicted molar refractivity (Wildman–Crippen MR) is 102 cm³/mol. The number of ether oxygens (including phenoxy) is 2. The second-order valence-electron chi connectivity index (χ2n) is 5.44. The minimum Gasteiger partial charge on any atom is -0.462 e. The molecule has 2 rings (SSSR count). The molecule has 8 nitrogen and oxygen atoms in total. The lowest BCUT2D eigenvalue weighted by atomic mass is 10.1. The zero-order valence-corrected chi connectivity index (χ0v) is 15.5. The number of nitrogens with one attached hydrogen (secondary N) is 2. The van der Waals surface area contributed by atoms with E-state index in [1.54, 1.807) is 38.1 Å². The third-order valence-corrected chi connectivity index (χ3v) is 3.55. The summed E-state index contributed by atoms with van der Waals surface area (Å²) < 4.78 is 9.86. The number of benzene rings is 2. The largest absolute Gasteiger partial charge is 0.462 e. The van der Waals surface area contributed by atoms with Gasteiger partial charge in [-0.25, -0.2) is 9.59 Å². The summed E-state index contributed by atoms with van der Waals surface area (Å²) in [6, 6.07) is 12.3. The molecule has 2 aromatic carbocycles. The average molecular weight is 384 g/mol. The van der Waals surface area contributed by atoms with Crippen molar-refractivity contribution in [1.82, 2.24) is 0 Å². The fourth-order valence-corrected chi connectivity index (χ4v) is 2.32. The minimum absolute atomic E-state index is 0.123. The Labute approximate surface area is 161 Å². The first-order valence-electron chi connectivity index (χ1n) is 8.62. The Morgan fingerprint density at radius 2 is 1.04 bits per heavy atom. The highest BCUT2D eigenvalue weighted by molar-refractivity contribution is 6.44. The molecule has 2 amide bonds. The summed E-state index contributed by atoms with van der Waals surface area (Å²) in [5, 5.41) is 4.75. The minimum atomic E-state index is -1.00. The van der Waals surface area contributed by atoms with Crippen LogP contribution in [0.2, 0.25) is 0 Å². The normalized spacial score (nSPS) is 9.93. The standard InChI is InChI=1S/C20H20N2O6/c1-3-27-19(25)13-9-5-7-11-15(13)21-17(23)18(24)22-16-12-8-6-10-14(16)20(26)28-4-2/h5-12H,3-4H2,1-2H3,(H,21,23)(H,22,24). The van der Waals surface area contributed by atoms with E-state index in [2.05, 4.69) is 10.6 Å². The molecule has 0 bridgehead atoms. The summed E-state index contributed by atoms with van der Waals surface area (Å²) in [7, 11) is 0. The SMILES string of the molecule is CCOC(=O)c1ccccc1NC(=O)C(=O)Nc1ccccc1C(=O)OCC. The second kappa shape index (κ2) is 9.86. The number of carbonyl (C=O) groups is 4. The highest BCUT2D eigenvalue weighted by Gasteiger charge is 2.21. The van der Waals surface area contributed by atoms with Gasteiger partial charge in [-0.3, -0.25) is 9.59 Å². The molecule has 0 saturated heterocycles. The summed E-state index contributed by atoms with van der Waals surface area (Å²) in [6.45, 7) is 3.67. The molecular weight excluding hydrogens is 364 g/mol. The maximum absolute atomic E-state index is 12.3. The molecule has 0 atom stereocenters. The number of carbonyl (C=O) groups excluding carboxylic acids is 4. The Morgan fingerprint density at radius 3 is 1.39 bits per heavy atom. The molecule has 28 heavy (non-hydrogen) atoms. The van der Waals surface area contributed by atoms with Crippen molar-refractivity contribution in [2.75, 3.05) is 23.8 Å². The van der Waals surface area contributed by atoms with Crippen LogP contribution in [0.5, 0.6) is 0 Å². The Balaban J connectivity index is 2.15. The van der Waals surface area contributed by atoms with Crippen LogP contribution in [0.15, 0.2) is 48.5 Å². The third kappa shape index (κ3) is 5.16. The zero-order chi connectivity index (χ0) is 20.5. The molecule has 0 heterocycles.